The predicted octanol–water partition coefficient (Wildman–Crippen LogP) is 1.98. The van der Waals surface area contributed by atoms with Gasteiger partial charge in [0.15, 0.2) is 0 Å². The minimum atomic E-state index is 0.337. The Kier molecular flexibility index (Phi) is 10.5. The van der Waals surface area contributed by atoms with Crippen molar-refractivity contribution < 1.29 is 9.47 Å². The Morgan fingerprint density at radius 2 is 1.68 bits per heavy atom. The van der Waals surface area contributed by atoms with Crippen molar-refractivity contribution in [1.29, 1.82) is 0 Å². The molecule has 2 N–H and O–H groups in total. The van der Waals surface area contributed by atoms with E-state index in [1.165, 1.54) is 0 Å². The SMILES string of the molecule is COCCCN(CCOC)CC(CN)CC(C)(C)C. The molecule has 4 heteroatoms. The first-order valence-corrected chi connectivity index (χ1v) is 7.33. The first-order chi connectivity index (χ1) is 8.92. The minimum Gasteiger partial charge on any atom is -0.385 e. The van der Waals surface area contributed by atoms with Crippen LogP contribution in [0.25, 0.3) is 0 Å². The number of hydrogen-bond acceptors (Lipinski definition) is 4. The van der Waals surface area contributed by atoms with Crippen LogP contribution in [-0.4, -0.2) is 58.5 Å². The molecule has 0 fully saturated rings. The van der Waals surface area contributed by atoms with Crippen LogP contribution in [0.3, 0.4) is 0 Å². The zero-order chi connectivity index (χ0) is 14.7. The lowest BCUT2D eigenvalue weighted by atomic mass is 9.84. The van der Waals surface area contributed by atoms with Gasteiger partial charge in [-0.3, -0.25) is 0 Å². The summed E-state index contributed by atoms with van der Waals surface area (Å²) >= 11 is 0. The molecule has 0 heterocycles. The fourth-order valence-electron chi connectivity index (χ4n) is 2.40. The molecule has 1 unspecified atom stereocenters. The number of methoxy groups -OCH3 is 2. The summed E-state index contributed by atoms with van der Waals surface area (Å²) in [6.07, 6.45) is 2.23. The lowest BCUT2D eigenvalue weighted by Gasteiger charge is -2.30. The summed E-state index contributed by atoms with van der Waals surface area (Å²) in [6, 6.07) is 0. The normalized spacial score (nSPS) is 14.1. The average Bonchev–Trinajstić information content (AvgIpc) is 2.33. The summed E-state index contributed by atoms with van der Waals surface area (Å²) in [7, 11) is 3.50. The average molecular weight is 274 g/mol. The topological polar surface area (TPSA) is 47.7 Å². The number of nitrogens with two attached hydrogens (primary N) is 1. The Bertz CT molecular complexity index is 205. The third kappa shape index (κ3) is 11.4. The van der Waals surface area contributed by atoms with E-state index in [-0.39, 0.29) is 0 Å². The zero-order valence-electron chi connectivity index (χ0n) is 13.6. The molecule has 4 nitrogen and oxygen atoms in total. The molecule has 0 rings (SSSR count). The maximum Gasteiger partial charge on any atom is 0.0589 e. The Labute approximate surface area is 119 Å². The number of nitrogens with zero attached hydrogens (tertiary/aromatic N) is 1. The molecule has 0 amide bonds. The molecule has 0 saturated heterocycles. The Morgan fingerprint density at radius 1 is 1.05 bits per heavy atom. The Morgan fingerprint density at radius 3 is 2.16 bits per heavy atom. The van der Waals surface area contributed by atoms with E-state index in [0.29, 0.717) is 11.3 Å². The highest BCUT2D eigenvalue weighted by Crippen LogP contribution is 2.24. The van der Waals surface area contributed by atoms with Crippen LogP contribution >= 0.6 is 0 Å². The Balaban J connectivity index is 4.23. The van der Waals surface area contributed by atoms with Gasteiger partial charge in [0.05, 0.1) is 6.61 Å². The lowest BCUT2D eigenvalue weighted by molar-refractivity contribution is 0.116. The monoisotopic (exact) mass is 274 g/mol. The third-order valence-electron chi connectivity index (χ3n) is 3.19. The van der Waals surface area contributed by atoms with Gasteiger partial charge in [-0.1, -0.05) is 20.8 Å². The van der Waals surface area contributed by atoms with Gasteiger partial charge in [0.1, 0.15) is 0 Å². The van der Waals surface area contributed by atoms with Gasteiger partial charge in [-0.15, -0.1) is 0 Å². The molecular formula is C15H34N2O2. The maximum atomic E-state index is 5.93. The molecule has 116 valence electrons. The van der Waals surface area contributed by atoms with E-state index in [1.807, 2.05) is 0 Å². The standard InChI is InChI=1S/C15H34N2O2/c1-15(2,3)11-14(12-16)13-17(8-10-19-5)7-6-9-18-4/h14H,6-13,16H2,1-5H3. The van der Waals surface area contributed by atoms with E-state index in [1.54, 1.807) is 14.2 Å². The fourth-order valence-corrected chi connectivity index (χ4v) is 2.40. The van der Waals surface area contributed by atoms with Crippen molar-refractivity contribution >= 4 is 0 Å². The molecule has 0 spiro atoms. The van der Waals surface area contributed by atoms with Crippen LogP contribution < -0.4 is 5.73 Å². The van der Waals surface area contributed by atoms with Crippen molar-refractivity contribution in [3.63, 3.8) is 0 Å². The maximum absolute atomic E-state index is 5.93. The largest absolute Gasteiger partial charge is 0.385 e. The van der Waals surface area contributed by atoms with Gasteiger partial charge in [0.2, 0.25) is 0 Å². The highest BCUT2D eigenvalue weighted by Gasteiger charge is 2.20. The lowest BCUT2D eigenvalue weighted by Crippen LogP contribution is -2.37. The summed E-state index contributed by atoms with van der Waals surface area (Å²) in [5, 5.41) is 0. The molecule has 0 aromatic heterocycles. The summed E-state index contributed by atoms with van der Waals surface area (Å²) in [4.78, 5) is 2.45. The smallest absolute Gasteiger partial charge is 0.0589 e. The molecule has 1 atom stereocenters. The highest BCUT2D eigenvalue weighted by atomic mass is 16.5. The second kappa shape index (κ2) is 10.6. The van der Waals surface area contributed by atoms with Crippen LogP contribution in [0.1, 0.15) is 33.6 Å². The molecule has 0 radical (unpaired) electrons. The fraction of sp³-hybridized carbons (Fsp3) is 1.00. The molecule has 0 aromatic rings. The van der Waals surface area contributed by atoms with Crippen LogP contribution in [0.15, 0.2) is 0 Å². The summed E-state index contributed by atoms with van der Waals surface area (Å²) < 4.78 is 10.3. The molecule has 0 aliphatic carbocycles. The molecule has 0 aromatic carbocycles. The van der Waals surface area contributed by atoms with Gasteiger partial charge < -0.3 is 20.1 Å². The third-order valence-corrected chi connectivity index (χ3v) is 3.19. The van der Waals surface area contributed by atoms with Gasteiger partial charge in [0, 0.05) is 40.5 Å². The van der Waals surface area contributed by atoms with Crippen molar-refractivity contribution in [2.75, 3.05) is 53.6 Å². The van der Waals surface area contributed by atoms with Crippen molar-refractivity contribution in [2.24, 2.45) is 17.1 Å². The zero-order valence-corrected chi connectivity index (χ0v) is 13.6. The second-order valence-electron chi connectivity index (χ2n) is 6.51. The molecular weight excluding hydrogens is 240 g/mol. The van der Waals surface area contributed by atoms with E-state index in [2.05, 4.69) is 25.7 Å². The summed E-state index contributed by atoms with van der Waals surface area (Å²) in [6.45, 7) is 12.3. The van der Waals surface area contributed by atoms with Gasteiger partial charge in [-0.25, -0.2) is 0 Å². The molecule has 0 saturated carbocycles. The van der Waals surface area contributed by atoms with Gasteiger partial charge >= 0.3 is 0 Å². The van der Waals surface area contributed by atoms with Crippen molar-refractivity contribution in [3.05, 3.63) is 0 Å². The van der Waals surface area contributed by atoms with Gasteiger partial charge in [0.25, 0.3) is 0 Å². The van der Waals surface area contributed by atoms with Crippen LogP contribution in [0.5, 0.6) is 0 Å². The molecule has 0 aliphatic rings. The molecule has 0 aliphatic heterocycles. The molecule has 0 bridgehead atoms. The van der Waals surface area contributed by atoms with Crippen molar-refractivity contribution in [2.45, 2.75) is 33.6 Å². The number of ether oxygens (including phenoxy) is 2. The minimum absolute atomic E-state index is 0.337. The van der Waals surface area contributed by atoms with Gasteiger partial charge in [-0.2, -0.15) is 0 Å². The van der Waals surface area contributed by atoms with Crippen LogP contribution in [0, 0.1) is 11.3 Å². The predicted molar refractivity (Wildman–Crippen MR) is 81.4 cm³/mol. The van der Waals surface area contributed by atoms with E-state index < -0.39 is 0 Å². The van der Waals surface area contributed by atoms with Crippen LogP contribution in [0.4, 0.5) is 0 Å². The van der Waals surface area contributed by atoms with E-state index in [4.69, 9.17) is 15.2 Å². The Hall–Kier alpha value is -0.160. The van der Waals surface area contributed by atoms with Crippen molar-refractivity contribution in [1.82, 2.24) is 4.90 Å². The van der Waals surface area contributed by atoms with Crippen LogP contribution in [-0.2, 0) is 9.47 Å². The molecule has 19 heavy (non-hydrogen) atoms. The second-order valence-corrected chi connectivity index (χ2v) is 6.51. The van der Waals surface area contributed by atoms with E-state index in [9.17, 15) is 0 Å². The van der Waals surface area contributed by atoms with Gasteiger partial charge in [-0.05, 0) is 30.7 Å². The van der Waals surface area contributed by atoms with E-state index in [0.717, 1.165) is 52.2 Å². The highest BCUT2D eigenvalue weighted by molar-refractivity contribution is 4.73. The first kappa shape index (κ1) is 18.8. The first-order valence-electron chi connectivity index (χ1n) is 7.33. The van der Waals surface area contributed by atoms with Crippen LogP contribution in [0.2, 0.25) is 0 Å². The number of rotatable bonds is 11. The van der Waals surface area contributed by atoms with E-state index >= 15 is 0 Å². The van der Waals surface area contributed by atoms with Crippen molar-refractivity contribution in [3.8, 4) is 0 Å². The summed E-state index contributed by atoms with van der Waals surface area (Å²) in [5.41, 5.74) is 6.27. The number of hydrogen-bond donors (Lipinski definition) is 1. The quantitative estimate of drug-likeness (QED) is 0.585. The summed E-state index contributed by atoms with van der Waals surface area (Å²) in [5.74, 6) is 0.555.